The van der Waals surface area contributed by atoms with Gasteiger partial charge in [0.2, 0.25) is 0 Å². The minimum absolute atomic E-state index is 0. The molecule has 1 aliphatic heterocycles. The zero-order valence-corrected chi connectivity index (χ0v) is 11.8. The van der Waals surface area contributed by atoms with Gasteiger partial charge >= 0.3 is 57.4 Å². The van der Waals surface area contributed by atoms with E-state index >= 15 is 0 Å². The molecule has 4 nitrogen and oxygen atoms in total. The molecule has 0 amide bonds. The van der Waals surface area contributed by atoms with Crippen molar-refractivity contribution in [1.29, 1.82) is 0 Å². The molecule has 0 fully saturated rings. The largest absolute Gasteiger partial charge is 1.00 e. The average molecular weight is 249 g/mol. The first-order valence-electron chi connectivity index (χ1n) is 4.34. The van der Waals surface area contributed by atoms with Crippen molar-refractivity contribution in [1.82, 2.24) is 0 Å². The van der Waals surface area contributed by atoms with Crippen LogP contribution in [0.5, 0.6) is 0 Å². The molecule has 1 N–H and O–H groups in total. The number of carboxylic acid groups (broad SMARTS) is 1. The van der Waals surface area contributed by atoms with Crippen LogP contribution in [0, 0.1) is 5.82 Å². The Labute approximate surface area is 135 Å². The first kappa shape index (κ1) is 13.8. The molecular formula is C10H9FKNO3. The molecule has 2 unspecified atom stereocenters. The van der Waals surface area contributed by atoms with Crippen LogP contribution < -0.4 is 51.4 Å². The topological polar surface area (TPSA) is 58.9 Å². The molecule has 0 bridgehead atoms. The van der Waals surface area contributed by atoms with Crippen LogP contribution in [-0.2, 0) is 9.53 Å². The van der Waals surface area contributed by atoms with E-state index in [9.17, 15) is 9.18 Å². The summed E-state index contributed by atoms with van der Waals surface area (Å²) in [6, 6.07) is 4.55. The van der Waals surface area contributed by atoms with Crippen molar-refractivity contribution in [2.75, 3.05) is 0 Å². The van der Waals surface area contributed by atoms with Crippen molar-refractivity contribution in [3.8, 4) is 0 Å². The van der Waals surface area contributed by atoms with E-state index in [2.05, 4.69) is 4.99 Å². The van der Waals surface area contributed by atoms with Gasteiger partial charge < -0.3 is 11.3 Å². The summed E-state index contributed by atoms with van der Waals surface area (Å²) in [5, 5.41) is 8.83. The van der Waals surface area contributed by atoms with E-state index < -0.39 is 18.1 Å². The summed E-state index contributed by atoms with van der Waals surface area (Å²) in [4.78, 5) is 14.5. The van der Waals surface area contributed by atoms with Gasteiger partial charge in [-0.25, -0.2) is 14.2 Å². The standard InChI is InChI=1S/C10H8FNO3.K.H/c11-7-3-1-6(2-4-7)9-8(10(13)14)12-5-15-9;;/h1-5,8-9H,(H,13,14);;/q;+1;-1. The average Bonchev–Trinajstić information content (AvgIpc) is 2.67. The monoisotopic (exact) mass is 249 g/mol. The molecule has 1 aliphatic rings. The molecule has 2 atom stereocenters. The molecule has 80 valence electrons. The normalized spacial score (nSPS) is 22.3. The minimum Gasteiger partial charge on any atom is -1.00 e. The fourth-order valence-electron chi connectivity index (χ4n) is 1.43. The Kier molecular flexibility index (Phi) is 5.07. The number of benzene rings is 1. The third-order valence-electron chi connectivity index (χ3n) is 2.17. The third kappa shape index (κ3) is 2.89. The summed E-state index contributed by atoms with van der Waals surface area (Å²) in [5.74, 6) is -1.43. The number of hydrogen-bond acceptors (Lipinski definition) is 3. The van der Waals surface area contributed by atoms with Gasteiger partial charge in [-0.2, -0.15) is 0 Å². The van der Waals surface area contributed by atoms with Gasteiger partial charge in [0.25, 0.3) is 0 Å². The van der Waals surface area contributed by atoms with Crippen LogP contribution in [0.15, 0.2) is 29.3 Å². The van der Waals surface area contributed by atoms with Crippen LogP contribution in [-0.4, -0.2) is 23.5 Å². The summed E-state index contributed by atoms with van der Waals surface area (Å²) < 4.78 is 17.7. The van der Waals surface area contributed by atoms with Crippen molar-refractivity contribution < 1.29 is 71.8 Å². The van der Waals surface area contributed by atoms with Crippen LogP contribution in [0.2, 0.25) is 0 Å². The Balaban J connectivity index is 0.00000128. The van der Waals surface area contributed by atoms with Crippen molar-refractivity contribution in [3.63, 3.8) is 0 Å². The second-order valence-electron chi connectivity index (χ2n) is 3.15. The van der Waals surface area contributed by atoms with E-state index in [1.807, 2.05) is 0 Å². The van der Waals surface area contributed by atoms with Crippen molar-refractivity contribution in [2.45, 2.75) is 12.1 Å². The first-order valence-corrected chi connectivity index (χ1v) is 4.34. The Morgan fingerprint density at radius 1 is 1.44 bits per heavy atom. The fraction of sp³-hybridized carbons (Fsp3) is 0.200. The zero-order chi connectivity index (χ0) is 10.8. The predicted molar refractivity (Wildman–Crippen MR) is 51.3 cm³/mol. The van der Waals surface area contributed by atoms with E-state index in [1.165, 1.54) is 24.3 Å². The Morgan fingerprint density at radius 2 is 2.06 bits per heavy atom. The Bertz CT molecular complexity index is 413. The van der Waals surface area contributed by atoms with Gasteiger partial charge in [0.15, 0.2) is 18.5 Å². The van der Waals surface area contributed by atoms with E-state index in [4.69, 9.17) is 9.84 Å². The summed E-state index contributed by atoms with van der Waals surface area (Å²) in [6.45, 7) is 0. The number of rotatable bonds is 2. The second-order valence-corrected chi connectivity index (χ2v) is 3.15. The van der Waals surface area contributed by atoms with E-state index in [0.717, 1.165) is 6.40 Å². The molecule has 0 radical (unpaired) electrons. The van der Waals surface area contributed by atoms with Crippen molar-refractivity contribution >= 4 is 12.4 Å². The molecule has 1 aromatic carbocycles. The quantitative estimate of drug-likeness (QED) is 0.649. The van der Waals surface area contributed by atoms with Gasteiger partial charge in [-0.3, -0.25) is 0 Å². The number of hydrogen-bond donors (Lipinski definition) is 1. The number of ether oxygens (including phenoxy) is 1. The molecule has 0 saturated carbocycles. The van der Waals surface area contributed by atoms with Gasteiger partial charge in [-0.15, -0.1) is 0 Å². The summed E-state index contributed by atoms with van der Waals surface area (Å²) in [6.07, 6.45) is 0.454. The fourth-order valence-corrected chi connectivity index (χ4v) is 1.43. The number of aliphatic carboxylic acids is 1. The Morgan fingerprint density at radius 3 is 2.62 bits per heavy atom. The molecule has 1 aromatic rings. The molecule has 16 heavy (non-hydrogen) atoms. The van der Waals surface area contributed by atoms with E-state index in [-0.39, 0.29) is 58.6 Å². The first-order chi connectivity index (χ1) is 7.18. The van der Waals surface area contributed by atoms with Gasteiger partial charge in [-0.05, 0) is 17.7 Å². The zero-order valence-electron chi connectivity index (χ0n) is 9.63. The SMILES string of the molecule is O=C(O)C1N=COC1c1ccc(F)cc1.[H-].[K+]. The number of halogens is 1. The predicted octanol–water partition coefficient (Wildman–Crippen LogP) is -1.51. The van der Waals surface area contributed by atoms with Crippen LogP contribution >= 0.6 is 0 Å². The van der Waals surface area contributed by atoms with E-state index in [1.54, 1.807) is 0 Å². The molecule has 0 saturated heterocycles. The molecule has 2 rings (SSSR count). The number of aliphatic imine (C=N–C) groups is 1. The van der Waals surface area contributed by atoms with Gasteiger partial charge in [0.1, 0.15) is 5.82 Å². The van der Waals surface area contributed by atoms with Crippen molar-refractivity contribution in [2.24, 2.45) is 4.99 Å². The van der Waals surface area contributed by atoms with Crippen LogP contribution in [0.25, 0.3) is 0 Å². The minimum atomic E-state index is -1.06. The summed E-state index contributed by atoms with van der Waals surface area (Å²) >= 11 is 0. The smallest absolute Gasteiger partial charge is 1.00 e. The number of carboxylic acids is 1. The van der Waals surface area contributed by atoms with Gasteiger partial charge in [-0.1, -0.05) is 12.1 Å². The second kappa shape index (κ2) is 5.88. The molecule has 0 aromatic heterocycles. The van der Waals surface area contributed by atoms with Crippen LogP contribution in [0.1, 0.15) is 13.1 Å². The number of carbonyl (C=O) groups is 1. The van der Waals surface area contributed by atoms with E-state index in [0.29, 0.717) is 5.56 Å². The summed E-state index contributed by atoms with van der Waals surface area (Å²) in [5.41, 5.74) is 0.598. The molecular weight excluding hydrogens is 240 g/mol. The maximum absolute atomic E-state index is 12.6. The maximum atomic E-state index is 12.6. The maximum Gasteiger partial charge on any atom is 1.00 e. The number of nitrogens with zero attached hydrogens (tertiary/aromatic N) is 1. The molecule has 0 aliphatic carbocycles. The molecule has 1 heterocycles. The molecule has 0 spiro atoms. The van der Waals surface area contributed by atoms with Crippen LogP contribution in [0.4, 0.5) is 4.39 Å². The van der Waals surface area contributed by atoms with Gasteiger partial charge in [0, 0.05) is 0 Å². The Hall–Kier alpha value is -0.274. The summed E-state index contributed by atoms with van der Waals surface area (Å²) in [7, 11) is 0. The third-order valence-corrected chi connectivity index (χ3v) is 2.17. The van der Waals surface area contributed by atoms with Crippen LogP contribution in [0.3, 0.4) is 0 Å². The van der Waals surface area contributed by atoms with Gasteiger partial charge in [0.05, 0.1) is 0 Å². The molecule has 6 heteroatoms. The van der Waals surface area contributed by atoms with Crippen molar-refractivity contribution in [3.05, 3.63) is 35.6 Å².